The lowest BCUT2D eigenvalue weighted by Gasteiger charge is -2.36. The zero-order valence-corrected chi connectivity index (χ0v) is 11.3. The maximum Gasteiger partial charge on any atom is 0.331 e. The van der Waals surface area contributed by atoms with Crippen LogP contribution in [0, 0.1) is 0 Å². The van der Waals surface area contributed by atoms with Crippen molar-refractivity contribution in [3.05, 3.63) is 24.3 Å². The average Bonchev–Trinajstić information content (AvgIpc) is 2.47. The van der Waals surface area contributed by atoms with Crippen molar-refractivity contribution in [2.45, 2.75) is 18.4 Å². The summed E-state index contributed by atoms with van der Waals surface area (Å²) in [6, 6.07) is 7.51. The molecule has 1 aliphatic heterocycles. The fraction of sp³-hybridized carbons (Fsp3) is 0.500. The van der Waals surface area contributed by atoms with Crippen molar-refractivity contribution in [1.29, 1.82) is 0 Å². The van der Waals surface area contributed by atoms with E-state index in [9.17, 15) is 4.79 Å². The van der Waals surface area contributed by atoms with Gasteiger partial charge in [-0.05, 0) is 12.1 Å². The largest absolute Gasteiger partial charge is 0.497 e. The number of hydrogen-bond donors (Lipinski definition) is 1. The van der Waals surface area contributed by atoms with Crippen LogP contribution in [-0.4, -0.2) is 38.9 Å². The van der Waals surface area contributed by atoms with Gasteiger partial charge in [0.1, 0.15) is 11.3 Å². The van der Waals surface area contributed by atoms with Crippen molar-refractivity contribution in [2.75, 3.05) is 32.8 Å². The summed E-state index contributed by atoms with van der Waals surface area (Å²) in [7, 11) is 3.02. The summed E-state index contributed by atoms with van der Waals surface area (Å²) in [6.07, 6.45) is 1.19. The summed E-state index contributed by atoms with van der Waals surface area (Å²) in [5.74, 6) is 0.496. The lowest BCUT2D eigenvalue weighted by Crippen LogP contribution is -2.51. The molecule has 104 valence electrons. The molecule has 0 saturated carbocycles. The molecule has 1 fully saturated rings. The maximum absolute atomic E-state index is 12.1. The molecule has 5 nitrogen and oxygen atoms in total. The molecule has 1 N–H and O–H groups in total. The molecular formula is C14H19NO4. The first-order valence-corrected chi connectivity index (χ1v) is 6.28. The summed E-state index contributed by atoms with van der Waals surface area (Å²) in [6.45, 7) is 1.10. The summed E-state index contributed by atoms with van der Waals surface area (Å²) in [4.78, 5) is 12.1. The van der Waals surface area contributed by atoms with Gasteiger partial charge in [0.2, 0.25) is 0 Å². The Balaban J connectivity index is 2.21. The van der Waals surface area contributed by atoms with E-state index in [4.69, 9.17) is 14.2 Å². The number of benzene rings is 1. The minimum Gasteiger partial charge on any atom is -0.497 e. The predicted octanol–water partition coefficient (Wildman–Crippen LogP) is 1.83. The van der Waals surface area contributed by atoms with Crippen molar-refractivity contribution in [2.24, 2.45) is 0 Å². The molecule has 1 saturated heterocycles. The molecule has 1 aromatic rings. The van der Waals surface area contributed by atoms with Gasteiger partial charge in [0, 0.05) is 37.8 Å². The van der Waals surface area contributed by atoms with Crippen LogP contribution >= 0.6 is 0 Å². The SMILES string of the molecule is COC(=O)C1(Nc2cccc(OC)c2)CCOCC1. The van der Waals surface area contributed by atoms with Gasteiger partial charge in [0.25, 0.3) is 0 Å². The van der Waals surface area contributed by atoms with E-state index in [1.165, 1.54) is 7.11 Å². The molecule has 5 heteroatoms. The topological polar surface area (TPSA) is 56.8 Å². The number of methoxy groups -OCH3 is 2. The highest BCUT2D eigenvalue weighted by Crippen LogP contribution is 2.28. The van der Waals surface area contributed by atoms with Crippen LogP contribution in [0.1, 0.15) is 12.8 Å². The smallest absolute Gasteiger partial charge is 0.331 e. The molecule has 1 aliphatic rings. The lowest BCUT2D eigenvalue weighted by atomic mass is 9.89. The van der Waals surface area contributed by atoms with Crippen LogP contribution in [-0.2, 0) is 14.3 Å². The Morgan fingerprint density at radius 3 is 2.68 bits per heavy atom. The fourth-order valence-electron chi connectivity index (χ4n) is 2.27. The van der Waals surface area contributed by atoms with Gasteiger partial charge in [-0.15, -0.1) is 0 Å². The minimum atomic E-state index is -0.709. The van der Waals surface area contributed by atoms with E-state index in [0.29, 0.717) is 26.1 Å². The molecule has 0 unspecified atom stereocenters. The van der Waals surface area contributed by atoms with E-state index in [1.807, 2.05) is 24.3 Å². The third-order valence-corrected chi connectivity index (χ3v) is 3.38. The molecule has 0 bridgehead atoms. The molecule has 0 amide bonds. The van der Waals surface area contributed by atoms with Gasteiger partial charge in [-0.25, -0.2) is 4.79 Å². The van der Waals surface area contributed by atoms with Crippen LogP contribution in [0.2, 0.25) is 0 Å². The van der Waals surface area contributed by atoms with Gasteiger partial charge in [-0.1, -0.05) is 6.07 Å². The van der Waals surface area contributed by atoms with Crippen LogP contribution in [0.25, 0.3) is 0 Å². The second-order valence-electron chi connectivity index (χ2n) is 4.54. The van der Waals surface area contributed by atoms with Crippen LogP contribution in [0.3, 0.4) is 0 Å². The first-order chi connectivity index (χ1) is 9.20. The van der Waals surface area contributed by atoms with Gasteiger partial charge in [-0.2, -0.15) is 0 Å². The Bertz CT molecular complexity index is 441. The van der Waals surface area contributed by atoms with Crippen molar-refractivity contribution >= 4 is 11.7 Å². The molecule has 0 aromatic heterocycles. The van der Waals surface area contributed by atoms with Gasteiger partial charge < -0.3 is 19.5 Å². The van der Waals surface area contributed by atoms with E-state index in [2.05, 4.69) is 5.32 Å². The quantitative estimate of drug-likeness (QED) is 0.842. The number of ether oxygens (including phenoxy) is 3. The number of nitrogens with one attached hydrogen (secondary N) is 1. The van der Waals surface area contributed by atoms with E-state index in [-0.39, 0.29) is 5.97 Å². The molecule has 2 rings (SSSR count). The zero-order chi connectivity index (χ0) is 13.7. The Morgan fingerprint density at radius 2 is 2.05 bits per heavy atom. The van der Waals surface area contributed by atoms with Crippen LogP contribution in [0.5, 0.6) is 5.75 Å². The second kappa shape index (κ2) is 5.93. The predicted molar refractivity (Wildman–Crippen MR) is 71.4 cm³/mol. The van der Waals surface area contributed by atoms with E-state index in [1.54, 1.807) is 7.11 Å². The monoisotopic (exact) mass is 265 g/mol. The summed E-state index contributed by atoms with van der Waals surface area (Å²) in [5, 5.41) is 3.29. The normalized spacial score (nSPS) is 17.6. The summed E-state index contributed by atoms with van der Waals surface area (Å²) < 4.78 is 15.4. The van der Waals surface area contributed by atoms with Gasteiger partial charge in [0.15, 0.2) is 0 Å². The van der Waals surface area contributed by atoms with E-state index >= 15 is 0 Å². The summed E-state index contributed by atoms with van der Waals surface area (Å²) in [5.41, 5.74) is 0.131. The maximum atomic E-state index is 12.1. The van der Waals surface area contributed by atoms with Crippen LogP contribution < -0.4 is 10.1 Å². The third-order valence-electron chi connectivity index (χ3n) is 3.38. The van der Waals surface area contributed by atoms with Crippen molar-refractivity contribution in [3.63, 3.8) is 0 Å². The highest BCUT2D eigenvalue weighted by atomic mass is 16.5. The highest BCUT2D eigenvalue weighted by molar-refractivity contribution is 5.84. The van der Waals surface area contributed by atoms with Gasteiger partial charge >= 0.3 is 5.97 Å². The molecule has 0 spiro atoms. The van der Waals surface area contributed by atoms with Gasteiger partial charge in [0.05, 0.1) is 14.2 Å². The van der Waals surface area contributed by atoms with E-state index in [0.717, 1.165) is 11.4 Å². The number of rotatable bonds is 4. The minimum absolute atomic E-state index is 0.251. The molecule has 0 radical (unpaired) electrons. The number of esters is 1. The van der Waals surface area contributed by atoms with Crippen molar-refractivity contribution < 1.29 is 19.0 Å². The van der Waals surface area contributed by atoms with Crippen LogP contribution in [0.4, 0.5) is 5.69 Å². The molecule has 1 aromatic carbocycles. The highest BCUT2D eigenvalue weighted by Gasteiger charge is 2.41. The van der Waals surface area contributed by atoms with Crippen LogP contribution in [0.15, 0.2) is 24.3 Å². The van der Waals surface area contributed by atoms with Gasteiger partial charge in [-0.3, -0.25) is 0 Å². The third kappa shape index (κ3) is 2.98. The molecule has 19 heavy (non-hydrogen) atoms. The first kappa shape index (κ1) is 13.7. The first-order valence-electron chi connectivity index (χ1n) is 6.28. The molecular weight excluding hydrogens is 246 g/mol. The second-order valence-corrected chi connectivity index (χ2v) is 4.54. The zero-order valence-electron chi connectivity index (χ0n) is 11.3. The number of hydrogen-bond acceptors (Lipinski definition) is 5. The Morgan fingerprint density at radius 1 is 1.32 bits per heavy atom. The standard InChI is InChI=1S/C14H19NO4/c1-17-12-5-3-4-11(10-12)15-14(13(16)18-2)6-8-19-9-7-14/h3-5,10,15H,6-9H2,1-2H3. The van der Waals surface area contributed by atoms with E-state index < -0.39 is 5.54 Å². The number of carbonyl (C=O) groups excluding carboxylic acids is 1. The van der Waals surface area contributed by atoms with Crippen molar-refractivity contribution in [3.8, 4) is 5.75 Å². The average molecular weight is 265 g/mol. The molecule has 0 atom stereocenters. The molecule has 1 heterocycles. The number of anilines is 1. The summed E-state index contributed by atoms with van der Waals surface area (Å²) >= 11 is 0. The molecule has 0 aliphatic carbocycles. The Kier molecular flexibility index (Phi) is 4.27. The Hall–Kier alpha value is -1.75. The van der Waals surface area contributed by atoms with Crippen molar-refractivity contribution in [1.82, 2.24) is 0 Å². The Labute approximate surface area is 112 Å². The lowest BCUT2D eigenvalue weighted by molar-refractivity contribution is -0.149. The number of carbonyl (C=O) groups is 1. The fourth-order valence-corrected chi connectivity index (χ4v) is 2.27.